The van der Waals surface area contributed by atoms with Crippen LogP contribution in [-0.4, -0.2) is 29.7 Å². The number of benzene rings is 2. The first-order valence-electron chi connectivity index (χ1n) is 7.96. The van der Waals surface area contributed by atoms with E-state index in [2.05, 4.69) is 20.9 Å². The fraction of sp³-hybridized carbons (Fsp3) is 0.158. The van der Waals surface area contributed by atoms with Gasteiger partial charge in [-0.25, -0.2) is 4.98 Å². The van der Waals surface area contributed by atoms with Gasteiger partial charge in [-0.3, -0.25) is 4.79 Å². The van der Waals surface area contributed by atoms with Gasteiger partial charge in [0.25, 0.3) is 0 Å². The van der Waals surface area contributed by atoms with Crippen LogP contribution >= 0.6 is 39.0 Å². The van der Waals surface area contributed by atoms with Crippen LogP contribution < -0.4 is 9.47 Å². The Morgan fingerprint density at radius 2 is 1.88 bits per heavy atom. The molecule has 1 aliphatic rings. The Labute approximate surface area is 167 Å². The quantitative estimate of drug-likeness (QED) is 0.391. The SMILES string of the molecule is O=C(CSc1nc(-c2ccc(Br)cc2)cs1)c1ccc2c(c1)OCCO2. The number of halogens is 1. The van der Waals surface area contributed by atoms with Gasteiger partial charge < -0.3 is 9.47 Å². The first kappa shape index (κ1) is 17.6. The maximum atomic E-state index is 12.5. The van der Waals surface area contributed by atoms with Crippen LogP contribution in [0.4, 0.5) is 0 Å². The Kier molecular flexibility index (Phi) is 5.28. The number of ketones is 1. The molecular formula is C19H14BrNO3S2. The van der Waals surface area contributed by atoms with Crippen molar-refractivity contribution in [3.8, 4) is 22.8 Å². The van der Waals surface area contributed by atoms with E-state index < -0.39 is 0 Å². The van der Waals surface area contributed by atoms with Gasteiger partial charge in [-0.15, -0.1) is 11.3 Å². The number of hydrogen-bond donors (Lipinski definition) is 0. The summed E-state index contributed by atoms with van der Waals surface area (Å²) in [5.74, 6) is 1.72. The molecule has 0 fully saturated rings. The Hall–Kier alpha value is -1.83. The van der Waals surface area contributed by atoms with E-state index in [9.17, 15) is 4.79 Å². The van der Waals surface area contributed by atoms with Crippen molar-refractivity contribution in [1.29, 1.82) is 0 Å². The average Bonchev–Trinajstić information content (AvgIpc) is 3.15. The van der Waals surface area contributed by atoms with E-state index in [1.54, 1.807) is 29.5 Å². The zero-order valence-corrected chi connectivity index (χ0v) is 16.8. The van der Waals surface area contributed by atoms with Crippen molar-refractivity contribution in [2.45, 2.75) is 4.34 Å². The summed E-state index contributed by atoms with van der Waals surface area (Å²) in [6, 6.07) is 13.4. The van der Waals surface area contributed by atoms with E-state index in [4.69, 9.17) is 9.47 Å². The van der Waals surface area contributed by atoms with E-state index in [0.29, 0.717) is 36.0 Å². The molecule has 0 atom stereocenters. The molecule has 0 saturated carbocycles. The molecule has 2 heterocycles. The highest BCUT2D eigenvalue weighted by Crippen LogP contribution is 2.32. The number of fused-ring (bicyclic) bond motifs is 1. The largest absolute Gasteiger partial charge is 0.486 e. The summed E-state index contributed by atoms with van der Waals surface area (Å²) in [6.07, 6.45) is 0. The summed E-state index contributed by atoms with van der Waals surface area (Å²) in [5, 5.41) is 2.01. The van der Waals surface area contributed by atoms with Gasteiger partial charge in [0.1, 0.15) is 13.2 Å². The van der Waals surface area contributed by atoms with Crippen molar-refractivity contribution < 1.29 is 14.3 Å². The first-order chi connectivity index (χ1) is 12.7. The number of carbonyl (C=O) groups excluding carboxylic acids is 1. The second-order valence-corrected chi connectivity index (χ2v) is 8.57. The van der Waals surface area contributed by atoms with E-state index in [1.807, 2.05) is 29.6 Å². The molecular weight excluding hydrogens is 434 g/mol. The van der Waals surface area contributed by atoms with Gasteiger partial charge in [0.2, 0.25) is 0 Å². The highest BCUT2D eigenvalue weighted by Gasteiger charge is 2.16. The van der Waals surface area contributed by atoms with Crippen LogP contribution in [0.5, 0.6) is 11.5 Å². The second-order valence-electron chi connectivity index (χ2n) is 5.58. The molecule has 0 radical (unpaired) electrons. The highest BCUT2D eigenvalue weighted by atomic mass is 79.9. The molecule has 0 spiro atoms. The third kappa shape index (κ3) is 3.95. The van der Waals surface area contributed by atoms with Crippen molar-refractivity contribution in [2.24, 2.45) is 0 Å². The molecule has 0 unspecified atom stereocenters. The van der Waals surface area contributed by atoms with Gasteiger partial charge in [0, 0.05) is 21.0 Å². The molecule has 0 aliphatic carbocycles. The Balaban J connectivity index is 1.41. The first-order valence-corrected chi connectivity index (χ1v) is 10.6. The number of Topliss-reactive ketones (excluding diaryl/α,β-unsaturated/α-hetero) is 1. The van der Waals surface area contributed by atoms with Crippen LogP contribution in [-0.2, 0) is 0 Å². The van der Waals surface area contributed by atoms with Gasteiger partial charge >= 0.3 is 0 Å². The minimum Gasteiger partial charge on any atom is -0.486 e. The predicted octanol–water partition coefficient (Wildman–Crippen LogP) is 5.32. The lowest BCUT2D eigenvalue weighted by molar-refractivity contribution is 0.102. The number of carbonyl (C=O) groups is 1. The fourth-order valence-electron chi connectivity index (χ4n) is 2.50. The molecule has 4 rings (SSSR count). The third-order valence-corrected chi connectivity index (χ3v) is 6.36. The number of aromatic nitrogens is 1. The molecule has 132 valence electrons. The minimum atomic E-state index is 0.0485. The maximum Gasteiger partial charge on any atom is 0.173 e. The molecule has 0 N–H and O–H groups in total. The van der Waals surface area contributed by atoms with Gasteiger partial charge in [-0.2, -0.15) is 0 Å². The molecule has 7 heteroatoms. The Morgan fingerprint density at radius 1 is 1.12 bits per heavy atom. The number of nitrogens with zero attached hydrogens (tertiary/aromatic N) is 1. The van der Waals surface area contributed by atoms with Gasteiger partial charge in [0.15, 0.2) is 21.6 Å². The zero-order chi connectivity index (χ0) is 17.9. The zero-order valence-electron chi connectivity index (χ0n) is 13.6. The predicted molar refractivity (Wildman–Crippen MR) is 108 cm³/mol. The number of thiazole rings is 1. The topological polar surface area (TPSA) is 48.4 Å². The van der Waals surface area contributed by atoms with Crippen molar-refractivity contribution in [3.05, 3.63) is 57.9 Å². The van der Waals surface area contributed by atoms with Gasteiger partial charge in [-0.1, -0.05) is 39.8 Å². The highest BCUT2D eigenvalue weighted by molar-refractivity contribution is 9.10. The lowest BCUT2D eigenvalue weighted by atomic mass is 10.1. The number of ether oxygens (including phenoxy) is 2. The lowest BCUT2D eigenvalue weighted by Gasteiger charge is -2.18. The number of hydrogen-bond acceptors (Lipinski definition) is 6. The molecule has 4 nitrogen and oxygen atoms in total. The smallest absolute Gasteiger partial charge is 0.173 e. The lowest BCUT2D eigenvalue weighted by Crippen LogP contribution is -2.16. The summed E-state index contributed by atoms with van der Waals surface area (Å²) < 4.78 is 12.9. The van der Waals surface area contributed by atoms with Crippen LogP contribution in [0.2, 0.25) is 0 Å². The summed E-state index contributed by atoms with van der Waals surface area (Å²) in [7, 11) is 0. The van der Waals surface area contributed by atoms with Crippen molar-refractivity contribution in [3.63, 3.8) is 0 Å². The summed E-state index contributed by atoms with van der Waals surface area (Å²) in [5.41, 5.74) is 2.62. The molecule has 26 heavy (non-hydrogen) atoms. The van der Waals surface area contributed by atoms with E-state index in [-0.39, 0.29) is 5.78 Å². The van der Waals surface area contributed by atoms with Crippen LogP contribution in [0.3, 0.4) is 0 Å². The van der Waals surface area contributed by atoms with Crippen LogP contribution in [0, 0.1) is 0 Å². The van der Waals surface area contributed by atoms with Crippen LogP contribution in [0.1, 0.15) is 10.4 Å². The average molecular weight is 448 g/mol. The van der Waals surface area contributed by atoms with Crippen LogP contribution in [0.25, 0.3) is 11.3 Å². The Bertz CT molecular complexity index is 940. The molecule has 1 aliphatic heterocycles. The third-order valence-electron chi connectivity index (χ3n) is 3.81. The van der Waals surface area contributed by atoms with E-state index in [1.165, 1.54) is 11.8 Å². The normalized spacial score (nSPS) is 12.8. The fourth-order valence-corrected chi connectivity index (χ4v) is 4.50. The molecule has 0 amide bonds. The molecule has 2 aromatic carbocycles. The summed E-state index contributed by atoms with van der Waals surface area (Å²) in [6.45, 7) is 1.05. The van der Waals surface area contributed by atoms with E-state index >= 15 is 0 Å². The number of rotatable bonds is 5. The van der Waals surface area contributed by atoms with Gasteiger partial charge in [0.05, 0.1) is 11.4 Å². The number of thioether (sulfide) groups is 1. The molecule has 0 bridgehead atoms. The summed E-state index contributed by atoms with van der Waals surface area (Å²) in [4.78, 5) is 17.1. The molecule has 3 aromatic rings. The summed E-state index contributed by atoms with van der Waals surface area (Å²) >= 11 is 6.44. The van der Waals surface area contributed by atoms with Crippen molar-refractivity contribution in [1.82, 2.24) is 4.98 Å². The monoisotopic (exact) mass is 447 g/mol. The van der Waals surface area contributed by atoms with Gasteiger partial charge in [-0.05, 0) is 30.3 Å². The second kappa shape index (κ2) is 7.82. The van der Waals surface area contributed by atoms with Crippen molar-refractivity contribution in [2.75, 3.05) is 19.0 Å². The minimum absolute atomic E-state index is 0.0485. The van der Waals surface area contributed by atoms with Crippen LogP contribution in [0.15, 0.2) is 56.7 Å². The molecule has 0 saturated heterocycles. The van der Waals surface area contributed by atoms with E-state index in [0.717, 1.165) is 20.1 Å². The Morgan fingerprint density at radius 3 is 2.69 bits per heavy atom. The standard InChI is InChI=1S/C19H14BrNO3S2/c20-14-4-1-12(2-5-14)15-10-25-19(21-15)26-11-16(22)13-3-6-17-18(9-13)24-8-7-23-17/h1-6,9-10H,7-8,11H2. The van der Waals surface area contributed by atoms with Crippen molar-refractivity contribution >= 4 is 44.8 Å². The maximum absolute atomic E-state index is 12.5. The molecule has 1 aromatic heterocycles.